The second kappa shape index (κ2) is 13.9. The standard InChI is InChI=1S/C28H25ClN2O4S/c1-2-35-26(32)12-7-17-36-24-15-13-23(14-16-24)30-28(34)25(19-20-8-6-11-22(29)18-20)31-27(33)21-9-4-3-5-10-21/h3-16,18-19H,2,17H2,1H3,(H,30,34)(H,31,33)/b12-7+,25-19-. The van der Waals surface area contributed by atoms with Crippen molar-refractivity contribution in [3.8, 4) is 0 Å². The molecule has 0 heterocycles. The molecule has 0 aromatic heterocycles. The number of esters is 1. The smallest absolute Gasteiger partial charge is 0.330 e. The number of ether oxygens (including phenoxy) is 1. The van der Waals surface area contributed by atoms with Crippen LogP contribution in [0.1, 0.15) is 22.8 Å². The number of hydrogen-bond donors (Lipinski definition) is 2. The summed E-state index contributed by atoms with van der Waals surface area (Å²) in [5.41, 5.74) is 1.75. The predicted molar refractivity (Wildman–Crippen MR) is 145 cm³/mol. The number of carbonyl (C=O) groups is 3. The Morgan fingerprint density at radius 3 is 2.42 bits per heavy atom. The second-order valence-electron chi connectivity index (χ2n) is 7.38. The van der Waals surface area contributed by atoms with Gasteiger partial charge in [0, 0.05) is 33.0 Å². The minimum absolute atomic E-state index is 0.0775. The van der Waals surface area contributed by atoms with E-state index < -0.39 is 11.8 Å². The Morgan fingerprint density at radius 2 is 1.72 bits per heavy atom. The van der Waals surface area contributed by atoms with Crippen molar-refractivity contribution in [2.45, 2.75) is 11.8 Å². The van der Waals surface area contributed by atoms with Crippen molar-refractivity contribution in [1.29, 1.82) is 0 Å². The first-order chi connectivity index (χ1) is 17.4. The van der Waals surface area contributed by atoms with Crippen LogP contribution in [-0.2, 0) is 14.3 Å². The summed E-state index contributed by atoms with van der Waals surface area (Å²) in [6.07, 6.45) is 4.71. The number of amides is 2. The molecule has 0 aliphatic carbocycles. The van der Waals surface area contributed by atoms with Gasteiger partial charge in [0.25, 0.3) is 11.8 Å². The number of carbonyl (C=O) groups excluding carboxylic acids is 3. The maximum atomic E-state index is 13.1. The lowest BCUT2D eigenvalue weighted by molar-refractivity contribution is -0.137. The summed E-state index contributed by atoms with van der Waals surface area (Å²) in [5, 5.41) is 6.04. The first-order valence-corrected chi connectivity index (χ1v) is 12.5. The van der Waals surface area contributed by atoms with Crippen LogP contribution < -0.4 is 10.6 Å². The molecular formula is C28H25ClN2O4S. The third-order valence-electron chi connectivity index (χ3n) is 4.69. The maximum absolute atomic E-state index is 13.1. The minimum Gasteiger partial charge on any atom is -0.463 e. The van der Waals surface area contributed by atoms with Crippen LogP contribution in [-0.4, -0.2) is 30.1 Å². The summed E-state index contributed by atoms with van der Waals surface area (Å²) in [6.45, 7) is 2.10. The molecule has 184 valence electrons. The van der Waals surface area contributed by atoms with Crippen molar-refractivity contribution in [2.24, 2.45) is 0 Å². The zero-order chi connectivity index (χ0) is 25.8. The number of rotatable bonds is 10. The minimum atomic E-state index is -0.475. The van der Waals surface area contributed by atoms with Crippen molar-refractivity contribution in [1.82, 2.24) is 5.32 Å². The number of anilines is 1. The lowest BCUT2D eigenvalue weighted by atomic mass is 10.1. The van der Waals surface area contributed by atoms with Gasteiger partial charge in [0.2, 0.25) is 0 Å². The molecule has 0 unspecified atom stereocenters. The van der Waals surface area contributed by atoms with Crippen LogP contribution >= 0.6 is 23.4 Å². The van der Waals surface area contributed by atoms with E-state index in [2.05, 4.69) is 10.6 Å². The summed E-state index contributed by atoms with van der Waals surface area (Å²) in [4.78, 5) is 38.1. The summed E-state index contributed by atoms with van der Waals surface area (Å²) in [6, 6.07) is 22.9. The highest BCUT2D eigenvalue weighted by Crippen LogP contribution is 2.21. The fourth-order valence-corrected chi connectivity index (χ4v) is 3.93. The van der Waals surface area contributed by atoms with Gasteiger partial charge in [0.15, 0.2) is 0 Å². The maximum Gasteiger partial charge on any atom is 0.330 e. The van der Waals surface area contributed by atoms with Gasteiger partial charge in [-0.25, -0.2) is 4.79 Å². The molecule has 3 aromatic carbocycles. The molecule has 0 fully saturated rings. The Bertz CT molecular complexity index is 1260. The van der Waals surface area contributed by atoms with Crippen molar-refractivity contribution >= 4 is 52.9 Å². The highest BCUT2D eigenvalue weighted by atomic mass is 35.5. The topological polar surface area (TPSA) is 84.5 Å². The first-order valence-electron chi connectivity index (χ1n) is 11.2. The molecule has 0 saturated carbocycles. The Hall–Kier alpha value is -3.81. The molecule has 0 saturated heterocycles. The quantitative estimate of drug-likeness (QED) is 0.196. The van der Waals surface area contributed by atoms with E-state index in [4.69, 9.17) is 16.3 Å². The van der Waals surface area contributed by atoms with E-state index in [-0.39, 0.29) is 11.7 Å². The Labute approximate surface area is 219 Å². The molecule has 8 heteroatoms. The molecule has 36 heavy (non-hydrogen) atoms. The SMILES string of the molecule is CCOC(=O)/C=C/CSc1ccc(NC(=O)/C(=C/c2cccc(Cl)c2)NC(=O)c2ccccc2)cc1. The number of thioether (sulfide) groups is 1. The fourth-order valence-electron chi connectivity index (χ4n) is 3.02. The average molecular weight is 521 g/mol. The van der Waals surface area contributed by atoms with Crippen molar-refractivity contribution in [3.63, 3.8) is 0 Å². The molecule has 3 aromatic rings. The largest absolute Gasteiger partial charge is 0.463 e. The summed E-state index contributed by atoms with van der Waals surface area (Å²) < 4.78 is 4.85. The first kappa shape index (κ1) is 26.8. The Morgan fingerprint density at radius 1 is 0.972 bits per heavy atom. The van der Waals surface area contributed by atoms with Crippen LogP contribution in [0, 0.1) is 0 Å². The molecule has 2 amide bonds. The number of nitrogens with one attached hydrogen (secondary N) is 2. The van der Waals surface area contributed by atoms with E-state index in [9.17, 15) is 14.4 Å². The van der Waals surface area contributed by atoms with Gasteiger partial charge in [-0.05, 0) is 67.1 Å². The van der Waals surface area contributed by atoms with Gasteiger partial charge in [-0.1, -0.05) is 48.0 Å². The highest BCUT2D eigenvalue weighted by Gasteiger charge is 2.15. The molecular weight excluding hydrogens is 496 g/mol. The predicted octanol–water partition coefficient (Wildman–Crippen LogP) is 5.96. The molecule has 0 aliphatic heterocycles. The Kier molecular flexibility index (Phi) is 10.4. The van der Waals surface area contributed by atoms with Gasteiger partial charge in [-0.2, -0.15) is 0 Å². The summed E-state index contributed by atoms with van der Waals surface area (Å²) in [5.74, 6) is -0.640. The van der Waals surface area contributed by atoms with Crippen LogP contribution in [0.2, 0.25) is 5.02 Å². The van der Waals surface area contributed by atoms with E-state index in [1.807, 2.05) is 18.2 Å². The summed E-state index contributed by atoms with van der Waals surface area (Å²) in [7, 11) is 0. The number of halogens is 1. The molecule has 0 bridgehead atoms. The van der Waals surface area contributed by atoms with Crippen LogP contribution in [0.15, 0.2) is 102 Å². The molecule has 0 atom stereocenters. The molecule has 2 N–H and O–H groups in total. The molecule has 0 aliphatic rings. The lowest BCUT2D eigenvalue weighted by Gasteiger charge is -2.12. The van der Waals surface area contributed by atoms with Gasteiger partial charge >= 0.3 is 5.97 Å². The average Bonchev–Trinajstić information content (AvgIpc) is 2.88. The van der Waals surface area contributed by atoms with E-state index in [1.54, 1.807) is 79.7 Å². The third kappa shape index (κ3) is 8.76. The van der Waals surface area contributed by atoms with Crippen LogP contribution in [0.25, 0.3) is 6.08 Å². The van der Waals surface area contributed by atoms with E-state index in [0.29, 0.717) is 34.2 Å². The monoisotopic (exact) mass is 520 g/mol. The van der Waals surface area contributed by atoms with Crippen LogP contribution in [0.5, 0.6) is 0 Å². The highest BCUT2D eigenvalue weighted by molar-refractivity contribution is 7.99. The van der Waals surface area contributed by atoms with Crippen molar-refractivity contribution in [3.05, 3.63) is 113 Å². The van der Waals surface area contributed by atoms with Gasteiger partial charge < -0.3 is 15.4 Å². The van der Waals surface area contributed by atoms with Gasteiger partial charge in [-0.3, -0.25) is 9.59 Å². The van der Waals surface area contributed by atoms with Crippen molar-refractivity contribution in [2.75, 3.05) is 17.7 Å². The Balaban J connectivity index is 1.69. The van der Waals surface area contributed by atoms with Gasteiger partial charge in [0.05, 0.1) is 6.61 Å². The second-order valence-corrected chi connectivity index (χ2v) is 8.91. The van der Waals surface area contributed by atoms with Crippen molar-refractivity contribution < 1.29 is 19.1 Å². The van der Waals surface area contributed by atoms with E-state index >= 15 is 0 Å². The van der Waals surface area contributed by atoms with Gasteiger partial charge in [-0.15, -0.1) is 11.8 Å². The lowest BCUT2D eigenvalue weighted by Crippen LogP contribution is -2.30. The third-order valence-corrected chi connectivity index (χ3v) is 5.89. The van der Waals surface area contributed by atoms with E-state index in [1.165, 1.54) is 17.8 Å². The fraction of sp³-hybridized carbons (Fsp3) is 0.107. The number of hydrogen-bond acceptors (Lipinski definition) is 5. The van der Waals surface area contributed by atoms with Crippen LogP contribution in [0.3, 0.4) is 0 Å². The summed E-state index contributed by atoms with van der Waals surface area (Å²) >= 11 is 7.62. The van der Waals surface area contributed by atoms with E-state index in [0.717, 1.165) is 4.90 Å². The number of benzene rings is 3. The molecule has 6 nitrogen and oxygen atoms in total. The zero-order valence-corrected chi connectivity index (χ0v) is 21.1. The zero-order valence-electron chi connectivity index (χ0n) is 19.6. The molecule has 0 radical (unpaired) electrons. The van der Waals surface area contributed by atoms with Gasteiger partial charge in [0.1, 0.15) is 5.70 Å². The molecule has 3 rings (SSSR count). The normalized spacial score (nSPS) is 11.2. The van der Waals surface area contributed by atoms with Crippen LogP contribution in [0.4, 0.5) is 5.69 Å². The molecule has 0 spiro atoms.